The molecule has 3 N–H and O–H groups in total. The van der Waals surface area contributed by atoms with Gasteiger partial charge < -0.3 is 20.7 Å². The molecule has 21 heavy (non-hydrogen) atoms. The van der Waals surface area contributed by atoms with Crippen molar-refractivity contribution in [3.8, 4) is 0 Å². The van der Waals surface area contributed by atoms with Gasteiger partial charge in [0.1, 0.15) is 0 Å². The van der Waals surface area contributed by atoms with E-state index in [2.05, 4.69) is 20.9 Å². The zero-order chi connectivity index (χ0) is 15.5. The van der Waals surface area contributed by atoms with Crippen molar-refractivity contribution in [2.75, 3.05) is 45.9 Å². The van der Waals surface area contributed by atoms with Gasteiger partial charge in [-0.25, -0.2) is 4.79 Å². The van der Waals surface area contributed by atoms with Crippen LogP contribution in [0.4, 0.5) is 4.79 Å². The number of rotatable bonds is 9. The number of nitrogens with one attached hydrogen (secondary N) is 3. The molecular weight excluding hydrogens is 274 g/mol. The van der Waals surface area contributed by atoms with Gasteiger partial charge in [-0.2, -0.15) is 0 Å². The molecule has 8 nitrogen and oxygen atoms in total. The van der Waals surface area contributed by atoms with Crippen LogP contribution in [0.3, 0.4) is 0 Å². The van der Waals surface area contributed by atoms with E-state index in [9.17, 15) is 9.59 Å². The molecule has 3 amide bonds. The Balaban J connectivity index is 2.28. The van der Waals surface area contributed by atoms with Gasteiger partial charge in [-0.3, -0.25) is 14.7 Å². The highest BCUT2D eigenvalue weighted by Gasteiger charge is 2.27. The smallest absolute Gasteiger partial charge is 0.324 e. The van der Waals surface area contributed by atoms with Crippen LogP contribution in [0.25, 0.3) is 0 Å². The summed E-state index contributed by atoms with van der Waals surface area (Å²) in [6.07, 6.45) is 0.859. The Labute approximate surface area is 125 Å². The molecule has 1 heterocycles. The third-order valence-electron chi connectivity index (χ3n) is 2.83. The largest absolute Gasteiger partial charge is 0.382 e. The molecule has 0 radical (unpaired) electrons. The number of ether oxygens (including phenoxy) is 1. The highest BCUT2D eigenvalue weighted by atomic mass is 16.5. The minimum Gasteiger partial charge on any atom is -0.382 e. The summed E-state index contributed by atoms with van der Waals surface area (Å²) in [6.45, 7) is 7.66. The van der Waals surface area contributed by atoms with Gasteiger partial charge >= 0.3 is 6.03 Å². The molecular formula is C13H25N5O3. The van der Waals surface area contributed by atoms with E-state index in [4.69, 9.17) is 4.74 Å². The third kappa shape index (κ3) is 6.44. The van der Waals surface area contributed by atoms with Gasteiger partial charge in [0.25, 0.3) is 0 Å². The van der Waals surface area contributed by atoms with Gasteiger partial charge in [0, 0.05) is 39.4 Å². The van der Waals surface area contributed by atoms with Crippen LogP contribution < -0.4 is 16.0 Å². The van der Waals surface area contributed by atoms with Gasteiger partial charge in [-0.05, 0) is 20.3 Å². The standard InChI is InChI=1S/C13H25N5O3/c1-3-14-12(15-6-5-9-21-4-2)16-7-8-18-11(19)10-17-13(18)20/h3-10H2,1-2H3,(H,17,20)(H2,14,15,16). The van der Waals surface area contributed by atoms with E-state index in [0.717, 1.165) is 13.0 Å². The van der Waals surface area contributed by atoms with Gasteiger partial charge in [-0.15, -0.1) is 0 Å². The first kappa shape index (κ1) is 17.2. The molecule has 0 aromatic carbocycles. The fourth-order valence-electron chi connectivity index (χ4n) is 1.81. The molecule has 8 heteroatoms. The molecule has 0 unspecified atom stereocenters. The van der Waals surface area contributed by atoms with Crippen molar-refractivity contribution < 1.29 is 14.3 Å². The van der Waals surface area contributed by atoms with Crippen LogP contribution in [0, 0.1) is 0 Å². The molecule has 1 aliphatic heterocycles. The lowest BCUT2D eigenvalue weighted by Crippen LogP contribution is -2.43. The number of imide groups is 1. The van der Waals surface area contributed by atoms with E-state index in [-0.39, 0.29) is 18.5 Å². The average molecular weight is 299 g/mol. The van der Waals surface area contributed by atoms with E-state index in [1.54, 1.807) is 0 Å². The van der Waals surface area contributed by atoms with E-state index in [1.165, 1.54) is 4.90 Å². The monoisotopic (exact) mass is 299 g/mol. The molecule has 0 saturated carbocycles. The zero-order valence-corrected chi connectivity index (χ0v) is 12.8. The number of urea groups is 1. The highest BCUT2D eigenvalue weighted by molar-refractivity contribution is 6.01. The van der Waals surface area contributed by atoms with Crippen molar-refractivity contribution >= 4 is 17.9 Å². The quantitative estimate of drug-likeness (QED) is 0.231. The summed E-state index contributed by atoms with van der Waals surface area (Å²) < 4.78 is 5.25. The van der Waals surface area contributed by atoms with E-state index < -0.39 is 0 Å². The van der Waals surface area contributed by atoms with Crippen molar-refractivity contribution in [3.05, 3.63) is 0 Å². The maximum Gasteiger partial charge on any atom is 0.324 e. The molecule has 120 valence electrons. The SMILES string of the molecule is CCNC(=NCCCOCC)NCCN1C(=O)CNC1=O. The summed E-state index contributed by atoms with van der Waals surface area (Å²) in [4.78, 5) is 28.4. The van der Waals surface area contributed by atoms with Crippen LogP contribution in [0.5, 0.6) is 0 Å². The number of hydrogen-bond donors (Lipinski definition) is 3. The minimum atomic E-state index is -0.333. The van der Waals surface area contributed by atoms with Crippen molar-refractivity contribution in [2.45, 2.75) is 20.3 Å². The number of aliphatic imine (C=N–C) groups is 1. The normalized spacial score (nSPS) is 15.3. The van der Waals surface area contributed by atoms with E-state index >= 15 is 0 Å². The molecule has 0 aromatic rings. The van der Waals surface area contributed by atoms with Gasteiger partial charge in [0.15, 0.2) is 5.96 Å². The summed E-state index contributed by atoms with van der Waals surface area (Å²) in [5.41, 5.74) is 0. The van der Waals surface area contributed by atoms with Crippen molar-refractivity contribution in [3.63, 3.8) is 0 Å². The number of hydrogen-bond acceptors (Lipinski definition) is 4. The van der Waals surface area contributed by atoms with Gasteiger partial charge in [-0.1, -0.05) is 0 Å². The number of carbonyl (C=O) groups is 2. The van der Waals surface area contributed by atoms with Gasteiger partial charge in [0.2, 0.25) is 5.91 Å². The van der Waals surface area contributed by atoms with Crippen molar-refractivity contribution in [1.82, 2.24) is 20.9 Å². The molecule has 0 spiro atoms. The van der Waals surface area contributed by atoms with Crippen molar-refractivity contribution in [1.29, 1.82) is 0 Å². The minimum absolute atomic E-state index is 0.0877. The second-order valence-corrected chi connectivity index (χ2v) is 4.44. The first-order chi connectivity index (χ1) is 10.2. The van der Waals surface area contributed by atoms with Gasteiger partial charge in [0.05, 0.1) is 6.54 Å². The molecule has 0 aromatic heterocycles. The Bertz CT molecular complexity index is 357. The predicted molar refractivity (Wildman–Crippen MR) is 80.2 cm³/mol. The second kappa shape index (κ2) is 9.98. The molecule has 0 atom stereocenters. The predicted octanol–water partition coefficient (Wildman–Crippen LogP) is -0.480. The summed E-state index contributed by atoms with van der Waals surface area (Å²) in [5, 5.41) is 8.71. The van der Waals surface area contributed by atoms with E-state index in [1.807, 2.05) is 13.8 Å². The number of amides is 3. The Kier molecular flexibility index (Phi) is 8.18. The van der Waals surface area contributed by atoms with Crippen LogP contribution in [-0.2, 0) is 9.53 Å². The fraction of sp³-hybridized carbons (Fsp3) is 0.769. The number of guanidine groups is 1. The second-order valence-electron chi connectivity index (χ2n) is 4.44. The van der Waals surface area contributed by atoms with Crippen LogP contribution in [0.2, 0.25) is 0 Å². The number of carbonyl (C=O) groups excluding carboxylic acids is 2. The van der Waals surface area contributed by atoms with Crippen molar-refractivity contribution in [2.24, 2.45) is 4.99 Å². The highest BCUT2D eigenvalue weighted by Crippen LogP contribution is 1.96. The molecule has 1 saturated heterocycles. The Morgan fingerprint density at radius 1 is 1.38 bits per heavy atom. The summed E-state index contributed by atoms with van der Waals surface area (Å²) in [5.74, 6) is 0.488. The lowest BCUT2D eigenvalue weighted by atomic mass is 10.4. The molecule has 0 aliphatic carbocycles. The molecule has 1 aliphatic rings. The number of nitrogens with zero attached hydrogens (tertiary/aromatic N) is 2. The van der Waals surface area contributed by atoms with Crippen LogP contribution >= 0.6 is 0 Å². The molecule has 1 rings (SSSR count). The van der Waals surface area contributed by atoms with Crippen LogP contribution in [0.1, 0.15) is 20.3 Å². The Morgan fingerprint density at radius 2 is 2.19 bits per heavy atom. The van der Waals surface area contributed by atoms with Crippen LogP contribution in [0.15, 0.2) is 4.99 Å². The summed E-state index contributed by atoms with van der Waals surface area (Å²) in [7, 11) is 0. The summed E-state index contributed by atoms with van der Waals surface area (Å²) >= 11 is 0. The topological polar surface area (TPSA) is 95.1 Å². The fourth-order valence-corrected chi connectivity index (χ4v) is 1.81. The Morgan fingerprint density at radius 3 is 2.81 bits per heavy atom. The third-order valence-corrected chi connectivity index (χ3v) is 2.83. The maximum atomic E-state index is 11.4. The van der Waals surface area contributed by atoms with Crippen LogP contribution in [-0.4, -0.2) is 68.7 Å². The lowest BCUT2D eigenvalue weighted by Gasteiger charge is -2.15. The average Bonchev–Trinajstić information content (AvgIpc) is 2.78. The van der Waals surface area contributed by atoms with E-state index in [0.29, 0.717) is 38.8 Å². The maximum absolute atomic E-state index is 11.4. The lowest BCUT2D eigenvalue weighted by molar-refractivity contribution is -0.124. The summed E-state index contributed by atoms with van der Waals surface area (Å²) in [6, 6.07) is -0.333. The first-order valence-corrected chi connectivity index (χ1v) is 7.37. The molecule has 1 fully saturated rings. The zero-order valence-electron chi connectivity index (χ0n) is 12.8. The first-order valence-electron chi connectivity index (χ1n) is 7.37. The Hall–Kier alpha value is -1.83. The molecule has 0 bridgehead atoms.